The van der Waals surface area contributed by atoms with Crippen molar-refractivity contribution in [2.45, 2.75) is 44.9 Å². The topological polar surface area (TPSA) is 42.0 Å². The molecule has 2 aliphatic rings. The predicted molar refractivity (Wildman–Crippen MR) is 68.6 cm³/mol. The number of carbonyl (C=O) groups is 1. The lowest BCUT2D eigenvalue weighted by Crippen LogP contribution is -2.60. The summed E-state index contributed by atoms with van der Waals surface area (Å²) >= 11 is 0. The highest BCUT2D eigenvalue weighted by Crippen LogP contribution is 2.23. The van der Waals surface area contributed by atoms with Crippen LogP contribution < -0.4 is 0 Å². The second-order valence-corrected chi connectivity index (χ2v) is 6.17. The van der Waals surface area contributed by atoms with E-state index in [-0.39, 0.29) is 12.2 Å². The summed E-state index contributed by atoms with van der Waals surface area (Å²) in [7, 11) is 2.10. The van der Waals surface area contributed by atoms with Crippen LogP contribution in [0.15, 0.2) is 0 Å². The maximum Gasteiger partial charge on any atom is 0.410 e. The SMILES string of the molecule is CN1CCO[C@H]2CCN(C(=O)OC(C)(C)C)C[C@@H]21. The Labute approximate surface area is 109 Å². The Balaban J connectivity index is 1.94. The Morgan fingerprint density at radius 3 is 2.72 bits per heavy atom. The van der Waals surface area contributed by atoms with Crippen molar-refractivity contribution < 1.29 is 14.3 Å². The summed E-state index contributed by atoms with van der Waals surface area (Å²) in [6, 6.07) is 0.306. The van der Waals surface area contributed by atoms with Gasteiger partial charge < -0.3 is 14.4 Å². The maximum absolute atomic E-state index is 12.0. The van der Waals surface area contributed by atoms with Crippen LogP contribution in [0.3, 0.4) is 0 Å². The second-order valence-electron chi connectivity index (χ2n) is 6.17. The highest BCUT2D eigenvalue weighted by atomic mass is 16.6. The van der Waals surface area contributed by atoms with Crippen LogP contribution in [0.4, 0.5) is 4.79 Å². The van der Waals surface area contributed by atoms with Crippen LogP contribution in [-0.2, 0) is 9.47 Å². The van der Waals surface area contributed by atoms with Gasteiger partial charge >= 0.3 is 6.09 Å². The van der Waals surface area contributed by atoms with Gasteiger partial charge in [0, 0.05) is 19.6 Å². The molecule has 0 saturated carbocycles. The van der Waals surface area contributed by atoms with Crippen LogP contribution in [0.25, 0.3) is 0 Å². The average Bonchev–Trinajstić information content (AvgIpc) is 2.27. The smallest absolute Gasteiger partial charge is 0.410 e. The number of ether oxygens (including phenoxy) is 2. The molecule has 0 radical (unpaired) electrons. The summed E-state index contributed by atoms with van der Waals surface area (Å²) < 4.78 is 11.2. The number of fused-ring (bicyclic) bond motifs is 1. The largest absolute Gasteiger partial charge is 0.444 e. The van der Waals surface area contributed by atoms with Gasteiger partial charge in [0.05, 0.1) is 18.8 Å². The Morgan fingerprint density at radius 2 is 2.06 bits per heavy atom. The van der Waals surface area contributed by atoms with Gasteiger partial charge in [-0.15, -0.1) is 0 Å². The Bertz CT molecular complexity index is 314. The van der Waals surface area contributed by atoms with Crippen molar-refractivity contribution in [3.8, 4) is 0 Å². The minimum absolute atomic E-state index is 0.208. The highest BCUT2D eigenvalue weighted by molar-refractivity contribution is 5.68. The number of likely N-dealkylation sites (N-methyl/N-ethyl adjacent to an activating group) is 1. The van der Waals surface area contributed by atoms with Gasteiger partial charge in [-0.3, -0.25) is 4.90 Å². The highest BCUT2D eigenvalue weighted by Gasteiger charge is 2.37. The maximum atomic E-state index is 12.0. The van der Waals surface area contributed by atoms with E-state index >= 15 is 0 Å². The molecule has 0 bridgehead atoms. The van der Waals surface area contributed by atoms with Gasteiger partial charge in [-0.1, -0.05) is 0 Å². The number of morpholine rings is 1. The Hall–Kier alpha value is -0.810. The molecule has 2 rings (SSSR count). The summed E-state index contributed by atoms with van der Waals surface area (Å²) in [5.41, 5.74) is -0.428. The van der Waals surface area contributed by atoms with E-state index in [4.69, 9.17) is 9.47 Å². The number of carbonyl (C=O) groups excluding carboxylic acids is 1. The summed E-state index contributed by atoms with van der Waals surface area (Å²) in [4.78, 5) is 16.1. The number of hydrogen-bond acceptors (Lipinski definition) is 4. The van der Waals surface area contributed by atoms with E-state index in [0.717, 1.165) is 26.1 Å². The molecule has 0 aromatic heterocycles. The van der Waals surface area contributed by atoms with Crippen LogP contribution in [0, 0.1) is 0 Å². The molecule has 1 amide bonds. The number of hydrogen-bond donors (Lipinski definition) is 0. The zero-order valence-electron chi connectivity index (χ0n) is 11.8. The summed E-state index contributed by atoms with van der Waals surface area (Å²) in [6.45, 7) is 8.85. The van der Waals surface area contributed by atoms with E-state index in [1.54, 1.807) is 4.90 Å². The fourth-order valence-electron chi connectivity index (χ4n) is 2.53. The number of nitrogens with zero attached hydrogens (tertiary/aromatic N) is 2. The van der Waals surface area contributed by atoms with E-state index in [2.05, 4.69) is 11.9 Å². The van der Waals surface area contributed by atoms with Crippen LogP contribution in [0.1, 0.15) is 27.2 Å². The molecule has 2 fully saturated rings. The quantitative estimate of drug-likeness (QED) is 0.655. The molecule has 2 aliphatic heterocycles. The Morgan fingerprint density at radius 1 is 1.33 bits per heavy atom. The Kier molecular flexibility index (Phi) is 3.82. The number of amides is 1. The molecule has 0 aliphatic carbocycles. The van der Waals surface area contributed by atoms with Crippen molar-refractivity contribution in [1.29, 1.82) is 0 Å². The molecule has 5 heteroatoms. The van der Waals surface area contributed by atoms with Crippen molar-refractivity contribution in [3.63, 3.8) is 0 Å². The first-order valence-corrected chi connectivity index (χ1v) is 6.66. The molecule has 2 heterocycles. The molecular formula is C13H24N2O3. The van der Waals surface area contributed by atoms with E-state index in [9.17, 15) is 4.79 Å². The minimum atomic E-state index is -0.428. The van der Waals surface area contributed by atoms with Gasteiger partial charge in [-0.25, -0.2) is 4.79 Å². The molecule has 0 N–H and O–H groups in total. The lowest BCUT2D eigenvalue weighted by atomic mass is 9.99. The first kappa shape index (κ1) is 13.6. The zero-order chi connectivity index (χ0) is 13.3. The minimum Gasteiger partial charge on any atom is -0.444 e. The molecular weight excluding hydrogens is 232 g/mol. The van der Waals surface area contributed by atoms with E-state index in [0.29, 0.717) is 12.6 Å². The lowest BCUT2D eigenvalue weighted by molar-refractivity contribution is -0.0945. The number of likely N-dealkylation sites (tertiary alicyclic amines) is 1. The third kappa shape index (κ3) is 3.14. The van der Waals surface area contributed by atoms with Crippen molar-refractivity contribution in [1.82, 2.24) is 9.80 Å². The predicted octanol–water partition coefficient (Wildman–Crippen LogP) is 1.33. The fourth-order valence-corrected chi connectivity index (χ4v) is 2.53. The van der Waals surface area contributed by atoms with Crippen molar-refractivity contribution in [2.75, 3.05) is 33.3 Å². The molecule has 0 aromatic rings. The van der Waals surface area contributed by atoms with E-state index in [1.165, 1.54) is 0 Å². The molecule has 0 spiro atoms. The standard InChI is InChI=1S/C13H24N2O3/c1-13(2,3)18-12(16)15-6-5-11-10(9-15)14(4)7-8-17-11/h10-11H,5-9H2,1-4H3/t10-,11-/m0/s1. The van der Waals surface area contributed by atoms with E-state index < -0.39 is 5.60 Å². The first-order chi connectivity index (χ1) is 8.37. The fraction of sp³-hybridized carbons (Fsp3) is 0.923. The number of piperidine rings is 1. The average molecular weight is 256 g/mol. The summed E-state index contributed by atoms with van der Waals surface area (Å²) in [6.07, 6.45) is 0.955. The first-order valence-electron chi connectivity index (χ1n) is 6.66. The second kappa shape index (κ2) is 5.05. The zero-order valence-corrected chi connectivity index (χ0v) is 11.8. The van der Waals surface area contributed by atoms with Gasteiger partial charge in [0.15, 0.2) is 0 Å². The van der Waals surface area contributed by atoms with Crippen molar-refractivity contribution in [3.05, 3.63) is 0 Å². The summed E-state index contributed by atoms with van der Waals surface area (Å²) in [5, 5.41) is 0. The van der Waals surface area contributed by atoms with Crippen molar-refractivity contribution >= 4 is 6.09 Å². The molecule has 2 saturated heterocycles. The van der Waals surface area contributed by atoms with Gasteiger partial charge in [0.25, 0.3) is 0 Å². The van der Waals surface area contributed by atoms with Crippen LogP contribution in [-0.4, -0.2) is 66.9 Å². The van der Waals surface area contributed by atoms with E-state index in [1.807, 2.05) is 20.8 Å². The van der Waals surface area contributed by atoms with Crippen molar-refractivity contribution in [2.24, 2.45) is 0 Å². The summed E-state index contributed by atoms with van der Waals surface area (Å²) in [5.74, 6) is 0. The van der Waals surface area contributed by atoms with Gasteiger partial charge in [-0.2, -0.15) is 0 Å². The third-order valence-electron chi connectivity index (χ3n) is 3.51. The lowest BCUT2D eigenvalue weighted by Gasteiger charge is -2.45. The van der Waals surface area contributed by atoms with Gasteiger partial charge in [0.2, 0.25) is 0 Å². The normalized spacial score (nSPS) is 29.9. The number of rotatable bonds is 0. The molecule has 18 heavy (non-hydrogen) atoms. The molecule has 0 unspecified atom stereocenters. The molecule has 0 aromatic carbocycles. The monoisotopic (exact) mass is 256 g/mol. The molecule has 104 valence electrons. The van der Waals surface area contributed by atoms with Crippen LogP contribution in [0.5, 0.6) is 0 Å². The van der Waals surface area contributed by atoms with Crippen LogP contribution >= 0.6 is 0 Å². The third-order valence-corrected chi connectivity index (χ3v) is 3.51. The molecule has 5 nitrogen and oxygen atoms in total. The van der Waals surface area contributed by atoms with Gasteiger partial charge in [-0.05, 0) is 34.2 Å². The van der Waals surface area contributed by atoms with Gasteiger partial charge in [0.1, 0.15) is 5.60 Å². The molecule has 2 atom stereocenters. The van der Waals surface area contributed by atoms with Crippen LogP contribution in [0.2, 0.25) is 0 Å².